The molecule has 11 heteroatoms. The summed E-state index contributed by atoms with van der Waals surface area (Å²) in [5.74, 6) is 0.951. The maximum absolute atomic E-state index is 13.1. The van der Waals surface area contributed by atoms with Crippen LogP contribution in [0.4, 0.5) is 5.13 Å². The molecule has 0 spiro atoms. The van der Waals surface area contributed by atoms with Crippen molar-refractivity contribution in [3.8, 4) is 11.5 Å². The molecule has 1 N–H and O–H groups in total. The first-order chi connectivity index (χ1) is 16.0. The highest BCUT2D eigenvalue weighted by atomic mass is 32.2. The molecule has 0 radical (unpaired) electrons. The van der Waals surface area contributed by atoms with Crippen molar-refractivity contribution in [3.05, 3.63) is 36.4 Å². The molecular weight excluding hydrogens is 482 g/mol. The molecule has 33 heavy (non-hydrogen) atoms. The van der Waals surface area contributed by atoms with Gasteiger partial charge in [0.25, 0.3) is 0 Å². The van der Waals surface area contributed by atoms with Gasteiger partial charge >= 0.3 is 0 Å². The van der Waals surface area contributed by atoms with Gasteiger partial charge < -0.3 is 14.8 Å². The lowest BCUT2D eigenvalue weighted by molar-refractivity contribution is -0.120. The second-order valence-corrected chi connectivity index (χ2v) is 11.6. The fourth-order valence-electron chi connectivity index (χ4n) is 4.06. The molecule has 3 heterocycles. The van der Waals surface area contributed by atoms with Crippen LogP contribution in [0.2, 0.25) is 0 Å². The first kappa shape index (κ1) is 22.5. The number of benzene rings is 2. The van der Waals surface area contributed by atoms with Gasteiger partial charge in [-0.2, -0.15) is 4.31 Å². The standard InChI is InChI=1S/C22H23N3O5S3/c1-31-18-4-2-3-5-20(18)33(27,28)25-8-6-14(7-9-25)21(26)24-22-23-15-12-16-17(13-19(15)32-22)30-11-10-29-16/h2-5,12-14H,6-11H2,1H3,(H,23,24,26). The van der Waals surface area contributed by atoms with Gasteiger partial charge in [-0.15, -0.1) is 11.8 Å². The summed E-state index contributed by atoms with van der Waals surface area (Å²) in [6, 6.07) is 10.7. The third-order valence-electron chi connectivity index (χ3n) is 5.79. The second kappa shape index (κ2) is 9.13. The number of rotatable bonds is 5. The minimum atomic E-state index is -3.59. The summed E-state index contributed by atoms with van der Waals surface area (Å²) in [6.45, 7) is 1.64. The van der Waals surface area contributed by atoms with E-state index >= 15 is 0 Å². The molecule has 5 rings (SSSR count). The van der Waals surface area contributed by atoms with Crippen molar-refractivity contribution in [2.24, 2.45) is 5.92 Å². The van der Waals surface area contributed by atoms with E-state index in [2.05, 4.69) is 10.3 Å². The van der Waals surface area contributed by atoms with Crippen LogP contribution in [0.5, 0.6) is 11.5 Å². The van der Waals surface area contributed by atoms with Crippen molar-refractivity contribution < 1.29 is 22.7 Å². The highest BCUT2D eigenvalue weighted by Crippen LogP contribution is 2.38. The molecule has 0 saturated carbocycles. The van der Waals surface area contributed by atoms with Crippen LogP contribution in [0.15, 0.2) is 46.2 Å². The van der Waals surface area contributed by atoms with Crippen molar-refractivity contribution >= 4 is 54.4 Å². The minimum absolute atomic E-state index is 0.132. The Labute approximate surface area is 200 Å². The average molecular weight is 506 g/mol. The second-order valence-electron chi connectivity index (χ2n) is 7.80. The quantitative estimate of drug-likeness (QED) is 0.526. The zero-order valence-electron chi connectivity index (χ0n) is 17.9. The molecule has 174 valence electrons. The maximum atomic E-state index is 13.1. The number of carbonyl (C=O) groups is 1. The number of hydrogen-bond acceptors (Lipinski definition) is 8. The summed E-state index contributed by atoms with van der Waals surface area (Å²) in [5.41, 5.74) is 0.743. The third kappa shape index (κ3) is 4.42. The van der Waals surface area contributed by atoms with E-state index in [1.54, 1.807) is 12.1 Å². The van der Waals surface area contributed by atoms with Gasteiger partial charge in [-0.1, -0.05) is 23.5 Å². The lowest BCUT2D eigenvalue weighted by Gasteiger charge is -2.30. The number of thioether (sulfide) groups is 1. The summed E-state index contributed by atoms with van der Waals surface area (Å²) in [4.78, 5) is 18.4. The Balaban J connectivity index is 1.24. The van der Waals surface area contributed by atoms with Crippen LogP contribution in [0.1, 0.15) is 12.8 Å². The zero-order valence-corrected chi connectivity index (χ0v) is 20.4. The molecule has 1 saturated heterocycles. The Morgan fingerprint density at radius 3 is 2.58 bits per heavy atom. The molecular formula is C22H23N3O5S3. The maximum Gasteiger partial charge on any atom is 0.244 e. The number of amides is 1. The van der Waals surface area contributed by atoms with Gasteiger partial charge in [0.1, 0.15) is 13.2 Å². The monoisotopic (exact) mass is 505 g/mol. The van der Waals surface area contributed by atoms with Gasteiger partial charge in [0, 0.05) is 36.0 Å². The predicted octanol–water partition coefficient (Wildman–Crippen LogP) is 3.83. The fraction of sp³-hybridized carbons (Fsp3) is 0.364. The summed E-state index contributed by atoms with van der Waals surface area (Å²) in [5, 5.41) is 3.43. The summed E-state index contributed by atoms with van der Waals surface area (Å²) in [7, 11) is -3.59. The van der Waals surface area contributed by atoms with Crippen molar-refractivity contribution in [2.45, 2.75) is 22.6 Å². The Bertz CT molecular complexity index is 1260. The molecule has 8 nitrogen and oxygen atoms in total. The van der Waals surface area contributed by atoms with Gasteiger partial charge in [-0.05, 0) is 31.2 Å². The average Bonchev–Trinajstić information content (AvgIpc) is 3.23. The van der Waals surface area contributed by atoms with E-state index in [1.807, 2.05) is 30.5 Å². The largest absolute Gasteiger partial charge is 0.486 e. The van der Waals surface area contributed by atoms with Crippen molar-refractivity contribution in [3.63, 3.8) is 0 Å². The Morgan fingerprint density at radius 1 is 1.15 bits per heavy atom. The Kier molecular flexibility index (Phi) is 6.21. The summed E-state index contributed by atoms with van der Waals surface area (Å²) in [6.07, 6.45) is 2.79. The van der Waals surface area contributed by atoms with Crippen LogP contribution in [0.25, 0.3) is 10.2 Å². The number of ether oxygens (including phenoxy) is 2. The highest BCUT2D eigenvalue weighted by molar-refractivity contribution is 7.99. The summed E-state index contributed by atoms with van der Waals surface area (Å²) < 4.78 is 39.8. The van der Waals surface area contributed by atoms with Gasteiger partial charge in [0.15, 0.2) is 16.6 Å². The van der Waals surface area contributed by atoms with E-state index in [-0.39, 0.29) is 11.8 Å². The van der Waals surface area contributed by atoms with E-state index in [0.29, 0.717) is 60.7 Å². The molecule has 0 bridgehead atoms. The molecule has 2 aromatic carbocycles. The number of carbonyl (C=O) groups excluding carboxylic acids is 1. The van der Waals surface area contributed by atoms with Crippen LogP contribution in [0.3, 0.4) is 0 Å². The van der Waals surface area contributed by atoms with Crippen LogP contribution >= 0.6 is 23.1 Å². The lowest BCUT2D eigenvalue weighted by Crippen LogP contribution is -2.41. The molecule has 3 aromatic rings. The SMILES string of the molecule is CSc1ccccc1S(=O)(=O)N1CCC(C(=O)Nc2nc3cc4c(cc3s2)OCCO4)CC1. The summed E-state index contributed by atoms with van der Waals surface area (Å²) >= 11 is 2.79. The van der Waals surface area contributed by atoms with Gasteiger partial charge in [-0.3, -0.25) is 4.79 Å². The van der Waals surface area contributed by atoms with Crippen molar-refractivity contribution in [1.82, 2.24) is 9.29 Å². The molecule has 0 aliphatic carbocycles. The van der Waals surface area contributed by atoms with Gasteiger partial charge in [-0.25, -0.2) is 13.4 Å². The topological polar surface area (TPSA) is 97.8 Å². The minimum Gasteiger partial charge on any atom is -0.486 e. The molecule has 0 unspecified atom stereocenters. The first-order valence-corrected chi connectivity index (χ1v) is 14.1. The van der Waals surface area contributed by atoms with Crippen LogP contribution < -0.4 is 14.8 Å². The van der Waals surface area contributed by atoms with Gasteiger partial charge in [0.05, 0.1) is 15.1 Å². The molecule has 1 amide bonds. The van der Waals surface area contributed by atoms with Crippen molar-refractivity contribution in [1.29, 1.82) is 0 Å². The van der Waals surface area contributed by atoms with E-state index in [4.69, 9.17) is 9.47 Å². The van der Waals surface area contributed by atoms with Crippen LogP contribution in [0, 0.1) is 5.92 Å². The normalized spacial score (nSPS) is 17.2. The van der Waals surface area contributed by atoms with E-state index in [9.17, 15) is 13.2 Å². The number of aromatic nitrogens is 1. The third-order valence-corrected chi connectivity index (χ3v) is 9.61. The number of fused-ring (bicyclic) bond motifs is 2. The highest BCUT2D eigenvalue weighted by Gasteiger charge is 2.33. The number of thiazole rings is 1. The number of piperidine rings is 1. The van der Waals surface area contributed by atoms with Crippen LogP contribution in [-0.2, 0) is 14.8 Å². The molecule has 2 aliphatic heterocycles. The number of anilines is 1. The van der Waals surface area contributed by atoms with E-state index in [1.165, 1.54) is 27.4 Å². The zero-order chi connectivity index (χ0) is 23.0. The van der Waals surface area contributed by atoms with E-state index < -0.39 is 10.0 Å². The lowest BCUT2D eigenvalue weighted by atomic mass is 9.97. The molecule has 2 aliphatic rings. The van der Waals surface area contributed by atoms with E-state index in [0.717, 1.165) is 15.1 Å². The molecule has 1 fully saturated rings. The Hall–Kier alpha value is -2.34. The number of nitrogens with zero attached hydrogens (tertiary/aromatic N) is 2. The number of nitrogens with one attached hydrogen (secondary N) is 1. The Morgan fingerprint density at radius 2 is 1.85 bits per heavy atom. The number of sulfonamides is 1. The first-order valence-electron chi connectivity index (χ1n) is 10.6. The van der Waals surface area contributed by atoms with Crippen LogP contribution in [-0.4, -0.2) is 56.2 Å². The molecule has 1 aromatic heterocycles. The number of hydrogen-bond donors (Lipinski definition) is 1. The van der Waals surface area contributed by atoms with Gasteiger partial charge in [0.2, 0.25) is 15.9 Å². The molecule has 0 atom stereocenters. The predicted molar refractivity (Wildman–Crippen MR) is 129 cm³/mol. The van der Waals surface area contributed by atoms with Crippen molar-refractivity contribution in [2.75, 3.05) is 37.9 Å². The smallest absolute Gasteiger partial charge is 0.244 e. The fourth-order valence-corrected chi connectivity index (χ4v) is 7.53.